The molecule has 0 aromatic rings. The molecule has 0 unspecified atom stereocenters. The largest absolute Gasteiger partial charge is 0.456 e. The first kappa shape index (κ1) is 18.4. The molecule has 1 aliphatic carbocycles. The van der Waals surface area contributed by atoms with E-state index in [0.717, 1.165) is 25.7 Å². The molecular formula is C17H26N2O5. The number of hydrogen-bond acceptors (Lipinski definition) is 5. The van der Waals surface area contributed by atoms with E-state index in [1.54, 1.807) is 0 Å². The van der Waals surface area contributed by atoms with Crippen LogP contribution in [0.1, 0.15) is 52.9 Å². The summed E-state index contributed by atoms with van der Waals surface area (Å²) in [5.41, 5.74) is -0.395. The predicted molar refractivity (Wildman–Crippen MR) is 85.6 cm³/mol. The lowest BCUT2D eigenvalue weighted by Gasteiger charge is -2.20. The smallest absolute Gasteiger partial charge is 0.308 e. The van der Waals surface area contributed by atoms with Crippen molar-refractivity contribution >= 4 is 23.7 Å². The molecule has 7 nitrogen and oxygen atoms in total. The summed E-state index contributed by atoms with van der Waals surface area (Å²) in [7, 11) is 0. The Morgan fingerprint density at radius 3 is 2.17 bits per heavy atom. The van der Waals surface area contributed by atoms with Crippen LogP contribution in [0, 0.1) is 11.8 Å². The van der Waals surface area contributed by atoms with Crippen molar-refractivity contribution in [2.24, 2.45) is 11.8 Å². The first-order valence-corrected chi connectivity index (χ1v) is 8.51. The second-order valence-electron chi connectivity index (χ2n) is 7.53. The SMILES string of the molecule is CC(C)(C)NC(=O)COC(=O)CCN1C(=O)[C@H]2CCCC[C@H]2C1=O. The minimum atomic E-state index is -0.588. The van der Waals surface area contributed by atoms with Gasteiger partial charge in [-0.15, -0.1) is 0 Å². The van der Waals surface area contributed by atoms with Gasteiger partial charge >= 0.3 is 5.97 Å². The van der Waals surface area contributed by atoms with E-state index in [2.05, 4.69) is 5.32 Å². The van der Waals surface area contributed by atoms with Crippen LogP contribution in [0.3, 0.4) is 0 Å². The molecule has 0 radical (unpaired) electrons. The number of hydrogen-bond donors (Lipinski definition) is 1. The minimum absolute atomic E-state index is 0.0321. The number of carbonyl (C=O) groups excluding carboxylic acids is 4. The summed E-state index contributed by atoms with van der Waals surface area (Å²) in [6.45, 7) is 5.16. The summed E-state index contributed by atoms with van der Waals surface area (Å²) in [5.74, 6) is -1.71. The standard InChI is InChI=1S/C17H26N2O5/c1-17(2,3)18-13(20)10-24-14(21)8-9-19-15(22)11-6-4-5-7-12(11)16(19)23/h11-12H,4-10H2,1-3H3,(H,18,20)/t11-,12+. The number of rotatable bonds is 5. The van der Waals surface area contributed by atoms with Gasteiger partial charge in [0.2, 0.25) is 11.8 Å². The fourth-order valence-electron chi connectivity index (χ4n) is 3.33. The zero-order chi connectivity index (χ0) is 17.9. The second kappa shape index (κ2) is 7.32. The molecule has 0 bridgehead atoms. The van der Waals surface area contributed by atoms with Gasteiger partial charge in [0.15, 0.2) is 6.61 Å². The molecule has 0 aromatic carbocycles. The number of carbonyl (C=O) groups is 4. The van der Waals surface area contributed by atoms with Gasteiger partial charge < -0.3 is 10.1 Å². The van der Waals surface area contributed by atoms with Gasteiger partial charge in [-0.3, -0.25) is 24.1 Å². The van der Waals surface area contributed by atoms with E-state index in [-0.39, 0.29) is 49.1 Å². The van der Waals surface area contributed by atoms with Gasteiger partial charge in [0, 0.05) is 12.1 Å². The number of ether oxygens (including phenoxy) is 1. The zero-order valence-electron chi connectivity index (χ0n) is 14.6. The van der Waals surface area contributed by atoms with Crippen molar-refractivity contribution in [3.8, 4) is 0 Å². The fourth-order valence-corrected chi connectivity index (χ4v) is 3.33. The summed E-state index contributed by atoms with van der Waals surface area (Å²) < 4.78 is 4.90. The van der Waals surface area contributed by atoms with Crippen LogP contribution in [0.5, 0.6) is 0 Å². The van der Waals surface area contributed by atoms with E-state index in [1.165, 1.54) is 4.90 Å². The first-order valence-electron chi connectivity index (χ1n) is 8.51. The molecule has 1 aliphatic heterocycles. The van der Waals surface area contributed by atoms with Crippen molar-refractivity contribution < 1.29 is 23.9 Å². The third-order valence-electron chi connectivity index (χ3n) is 4.35. The highest BCUT2D eigenvalue weighted by atomic mass is 16.5. The molecule has 2 atom stereocenters. The van der Waals surface area contributed by atoms with Crippen LogP contribution in [0.2, 0.25) is 0 Å². The normalized spacial score (nSPS) is 23.9. The Labute approximate surface area is 142 Å². The Kier molecular flexibility index (Phi) is 5.62. The number of nitrogens with one attached hydrogen (secondary N) is 1. The third-order valence-corrected chi connectivity index (χ3v) is 4.35. The van der Waals surface area contributed by atoms with Gasteiger partial charge in [-0.1, -0.05) is 12.8 Å². The first-order chi connectivity index (χ1) is 11.2. The highest BCUT2D eigenvalue weighted by Gasteiger charge is 2.47. The van der Waals surface area contributed by atoms with E-state index in [9.17, 15) is 19.2 Å². The highest BCUT2D eigenvalue weighted by Crippen LogP contribution is 2.37. The van der Waals surface area contributed by atoms with Crippen molar-refractivity contribution in [1.29, 1.82) is 0 Å². The Hall–Kier alpha value is -1.92. The van der Waals surface area contributed by atoms with Crippen molar-refractivity contribution in [1.82, 2.24) is 10.2 Å². The van der Waals surface area contributed by atoms with Gasteiger partial charge in [-0.2, -0.15) is 0 Å². The van der Waals surface area contributed by atoms with Crippen LogP contribution in [0.4, 0.5) is 0 Å². The van der Waals surface area contributed by atoms with Crippen LogP contribution in [0.15, 0.2) is 0 Å². The maximum Gasteiger partial charge on any atom is 0.308 e. The molecule has 2 fully saturated rings. The quantitative estimate of drug-likeness (QED) is 0.596. The molecule has 7 heteroatoms. The number of amides is 3. The molecule has 1 saturated carbocycles. The Morgan fingerprint density at radius 2 is 1.67 bits per heavy atom. The molecule has 1 N–H and O–H groups in total. The molecule has 1 heterocycles. The van der Waals surface area contributed by atoms with E-state index >= 15 is 0 Å². The number of likely N-dealkylation sites (tertiary alicyclic amines) is 1. The second-order valence-corrected chi connectivity index (χ2v) is 7.53. The molecule has 24 heavy (non-hydrogen) atoms. The molecule has 0 aromatic heterocycles. The molecule has 2 rings (SSSR count). The van der Waals surface area contributed by atoms with E-state index in [4.69, 9.17) is 4.74 Å². The van der Waals surface area contributed by atoms with Crippen molar-refractivity contribution in [3.05, 3.63) is 0 Å². The zero-order valence-corrected chi connectivity index (χ0v) is 14.6. The molecule has 1 saturated heterocycles. The summed E-state index contributed by atoms with van der Waals surface area (Å²) in [4.78, 5) is 49.1. The Morgan fingerprint density at radius 1 is 1.12 bits per heavy atom. The van der Waals surface area contributed by atoms with E-state index in [1.807, 2.05) is 20.8 Å². The fraction of sp³-hybridized carbons (Fsp3) is 0.765. The lowest BCUT2D eigenvalue weighted by Crippen LogP contribution is -2.43. The van der Waals surface area contributed by atoms with Crippen LogP contribution in [0.25, 0.3) is 0 Å². The average Bonchev–Trinajstić information content (AvgIpc) is 2.74. The van der Waals surface area contributed by atoms with Gasteiger partial charge in [0.05, 0.1) is 18.3 Å². The number of fused-ring (bicyclic) bond motifs is 1. The van der Waals surface area contributed by atoms with E-state index < -0.39 is 11.5 Å². The van der Waals surface area contributed by atoms with Gasteiger partial charge in [0.25, 0.3) is 5.91 Å². The maximum absolute atomic E-state index is 12.3. The van der Waals surface area contributed by atoms with Crippen molar-refractivity contribution in [2.75, 3.05) is 13.2 Å². The molecule has 0 spiro atoms. The van der Waals surface area contributed by atoms with Crippen LogP contribution < -0.4 is 5.32 Å². The topological polar surface area (TPSA) is 92.8 Å². The Bertz CT molecular complexity index is 514. The maximum atomic E-state index is 12.3. The number of imide groups is 1. The van der Waals surface area contributed by atoms with Crippen LogP contribution in [-0.4, -0.2) is 47.3 Å². The summed E-state index contributed by atoms with van der Waals surface area (Å²) in [5, 5.41) is 2.68. The van der Waals surface area contributed by atoms with Crippen molar-refractivity contribution in [3.63, 3.8) is 0 Å². The summed E-state index contributed by atoms with van der Waals surface area (Å²) >= 11 is 0. The van der Waals surface area contributed by atoms with Crippen molar-refractivity contribution in [2.45, 2.75) is 58.4 Å². The molecular weight excluding hydrogens is 312 g/mol. The average molecular weight is 338 g/mol. The predicted octanol–water partition coefficient (Wildman–Crippen LogP) is 1.01. The molecule has 3 amide bonds. The monoisotopic (exact) mass is 338 g/mol. The number of esters is 1. The lowest BCUT2D eigenvalue weighted by molar-refractivity contribution is -0.150. The summed E-state index contributed by atoms with van der Waals surface area (Å²) in [6.07, 6.45) is 3.37. The van der Waals surface area contributed by atoms with Gasteiger partial charge in [-0.25, -0.2) is 0 Å². The Balaban J connectivity index is 1.76. The number of nitrogens with zero attached hydrogens (tertiary/aromatic N) is 1. The van der Waals surface area contributed by atoms with Crippen LogP contribution in [-0.2, 0) is 23.9 Å². The summed E-state index contributed by atoms with van der Waals surface area (Å²) in [6, 6.07) is 0. The minimum Gasteiger partial charge on any atom is -0.456 e. The lowest BCUT2D eigenvalue weighted by atomic mass is 9.81. The third kappa shape index (κ3) is 4.55. The van der Waals surface area contributed by atoms with Gasteiger partial charge in [-0.05, 0) is 33.6 Å². The van der Waals surface area contributed by atoms with Crippen LogP contribution >= 0.6 is 0 Å². The van der Waals surface area contributed by atoms with E-state index in [0.29, 0.717) is 0 Å². The molecule has 134 valence electrons. The molecule has 2 aliphatic rings. The van der Waals surface area contributed by atoms with Gasteiger partial charge in [0.1, 0.15) is 0 Å². The highest BCUT2D eigenvalue weighted by molar-refractivity contribution is 6.05.